The summed E-state index contributed by atoms with van der Waals surface area (Å²) in [6.07, 6.45) is 9.36. The average molecular weight is 817 g/mol. The van der Waals surface area contributed by atoms with Crippen LogP contribution in [0.4, 0.5) is 0 Å². The molecule has 3 saturated carbocycles. The zero-order valence-corrected chi connectivity index (χ0v) is 36.3. The van der Waals surface area contributed by atoms with Gasteiger partial charge in [-0.3, -0.25) is 4.99 Å². The Kier molecular flexibility index (Phi) is 10.7. The molecule has 0 aromatic heterocycles. The second-order valence-corrected chi connectivity index (χ2v) is 18.5. The van der Waals surface area contributed by atoms with Crippen LogP contribution in [0.15, 0.2) is 179 Å². The molecule has 0 spiro atoms. The van der Waals surface area contributed by atoms with Gasteiger partial charge in [0.15, 0.2) is 11.7 Å². The molecule has 0 saturated heterocycles. The molecule has 7 aromatic rings. The van der Waals surface area contributed by atoms with Crippen LogP contribution in [0, 0.1) is 17.2 Å². The highest BCUT2D eigenvalue weighted by molar-refractivity contribution is 6.13. The Balaban J connectivity index is 1.00. The Labute approximate surface area is 372 Å². The lowest BCUT2D eigenvalue weighted by Crippen LogP contribution is -2.42. The Morgan fingerprint density at radius 1 is 0.603 bits per heavy atom. The molecule has 0 aliphatic heterocycles. The summed E-state index contributed by atoms with van der Waals surface area (Å²) in [5.41, 5.74) is 16.9. The molecule has 0 unspecified atom stereocenters. The second kappa shape index (κ2) is 16.7. The number of amidine groups is 2. The predicted molar refractivity (Wildman–Crippen MR) is 262 cm³/mol. The maximum atomic E-state index is 9.60. The maximum Gasteiger partial charge on any atom is 0.161 e. The molecule has 0 atom stereocenters. The Bertz CT molecular complexity index is 2860. The van der Waals surface area contributed by atoms with Gasteiger partial charge in [0, 0.05) is 16.5 Å². The standard InChI is InChI=1S/C59H52N4/c1-58(2)54-31-41(38-60)20-28-52(54)53-29-25-47(35-55(53)58)45-21-18-40(19-22-45)39-62-57(50-33-48(43-14-8-4-9-15-43)32-49(34-50)44-16-10-5-11-17-44)63-56(61-3)46-23-26-51(27-24-46)59-30-12-6-7-13-42(36-59)37-59/h4-5,8-11,14-29,31-35,42H,3,6-7,12-13,30,36-37,39H2,1-2H3/b62-57-,63-56-. The maximum absolute atomic E-state index is 9.60. The lowest BCUT2D eigenvalue weighted by atomic mass is 9.54. The lowest BCUT2D eigenvalue weighted by molar-refractivity contribution is 0.101. The van der Waals surface area contributed by atoms with E-state index >= 15 is 0 Å². The molecule has 308 valence electrons. The molecular weight excluding hydrogens is 765 g/mol. The third-order valence-corrected chi connectivity index (χ3v) is 14.2. The van der Waals surface area contributed by atoms with Gasteiger partial charge in [-0.1, -0.05) is 167 Å². The largest absolute Gasteiger partial charge is 0.261 e. The number of fused-ring (bicyclic) bond motifs is 7. The molecular formula is C59H52N4. The third-order valence-electron chi connectivity index (χ3n) is 14.2. The van der Waals surface area contributed by atoms with Gasteiger partial charge in [0.25, 0.3) is 0 Å². The van der Waals surface area contributed by atoms with E-state index in [-0.39, 0.29) is 5.41 Å². The van der Waals surface area contributed by atoms with Crippen LogP contribution in [0.1, 0.15) is 97.7 Å². The van der Waals surface area contributed by atoms with E-state index in [9.17, 15) is 5.26 Å². The van der Waals surface area contributed by atoms with Gasteiger partial charge < -0.3 is 0 Å². The van der Waals surface area contributed by atoms with Crippen LogP contribution in [0.5, 0.6) is 0 Å². The van der Waals surface area contributed by atoms with E-state index in [1.54, 1.807) is 0 Å². The second-order valence-electron chi connectivity index (χ2n) is 18.5. The first kappa shape index (κ1) is 40.1. The van der Waals surface area contributed by atoms with Gasteiger partial charge in [-0.05, 0) is 140 Å². The fourth-order valence-corrected chi connectivity index (χ4v) is 10.7. The lowest BCUT2D eigenvalue weighted by Gasteiger charge is -2.50. The quantitative estimate of drug-likeness (QED) is 0.111. The number of hydrogen-bond donors (Lipinski definition) is 0. The first-order chi connectivity index (χ1) is 30.8. The zero-order valence-electron chi connectivity index (χ0n) is 36.3. The Hall–Kier alpha value is -6.96. The number of benzene rings is 7. The van der Waals surface area contributed by atoms with E-state index in [4.69, 9.17) is 9.98 Å². The van der Waals surface area contributed by atoms with Gasteiger partial charge in [0.1, 0.15) is 0 Å². The molecule has 7 aromatic carbocycles. The number of nitrogens with zero attached hydrogens (tertiary/aromatic N) is 4. The van der Waals surface area contributed by atoms with Crippen molar-refractivity contribution in [3.05, 3.63) is 203 Å². The summed E-state index contributed by atoms with van der Waals surface area (Å²) < 4.78 is 0. The predicted octanol–water partition coefficient (Wildman–Crippen LogP) is 14.6. The molecule has 0 amide bonds. The first-order valence-electron chi connectivity index (χ1n) is 22.6. The molecule has 11 rings (SSSR count). The molecule has 4 aliphatic rings. The van der Waals surface area contributed by atoms with Gasteiger partial charge in [-0.2, -0.15) is 5.26 Å². The monoisotopic (exact) mass is 816 g/mol. The summed E-state index contributed by atoms with van der Waals surface area (Å²) in [6.45, 7) is 8.98. The van der Waals surface area contributed by atoms with Gasteiger partial charge in [-0.25, -0.2) is 9.98 Å². The normalized spacial score (nSPS) is 18.8. The average Bonchev–Trinajstić information content (AvgIpc) is 3.53. The molecule has 2 bridgehead atoms. The van der Waals surface area contributed by atoms with E-state index in [2.05, 4.69) is 183 Å². The molecule has 0 radical (unpaired) electrons. The van der Waals surface area contributed by atoms with Crippen LogP contribution >= 0.6 is 0 Å². The van der Waals surface area contributed by atoms with E-state index < -0.39 is 0 Å². The van der Waals surface area contributed by atoms with Crippen molar-refractivity contribution in [1.82, 2.24) is 0 Å². The number of rotatable bonds is 8. The number of nitriles is 1. The van der Waals surface area contributed by atoms with Crippen molar-refractivity contribution < 1.29 is 0 Å². The molecule has 0 heterocycles. The third kappa shape index (κ3) is 7.78. The van der Waals surface area contributed by atoms with E-state index in [1.165, 1.54) is 78.3 Å². The highest BCUT2D eigenvalue weighted by Crippen LogP contribution is 2.54. The Morgan fingerprint density at radius 2 is 1.22 bits per heavy atom. The number of hydrogen-bond acceptors (Lipinski definition) is 2. The topological polar surface area (TPSA) is 60.9 Å². The van der Waals surface area contributed by atoms with Crippen LogP contribution in [0.25, 0.3) is 44.5 Å². The van der Waals surface area contributed by atoms with Gasteiger partial charge in [0.2, 0.25) is 0 Å². The minimum Gasteiger partial charge on any atom is -0.261 e. The fourth-order valence-electron chi connectivity index (χ4n) is 10.7. The minimum atomic E-state index is -0.202. The first-order valence-corrected chi connectivity index (χ1v) is 22.6. The summed E-state index contributed by atoms with van der Waals surface area (Å²) >= 11 is 0. The van der Waals surface area contributed by atoms with Crippen molar-refractivity contribution in [2.75, 3.05) is 0 Å². The van der Waals surface area contributed by atoms with Crippen molar-refractivity contribution in [2.45, 2.75) is 76.2 Å². The van der Waals surface area contributed by atoms with Gasteiger partial charge >= 0.3 is 0 Å². The summed E-state index contributed by atoms with van der Waals surface area (Å²) in [7, 11) is 0. The van der Waals surface area contributed by atoms with Crippen LogP contribution in [-0.2, 0) is 17.4 Å². The highest BCUT2D eigenvalue weighted by atomic mass is 15.0. The van der Waals surface area contributed by atoms with Crippen molar-refractivity contribution in [3.63, 3.8) is 0 Å². The molecule has 0 N–H and O–H groups in total. The fraction of sp³-hybridized carbons (Fsp3) is 0.220. The van der Waals surface area contributed by atoms with Crippen LogP contribution in [0.3, 0.4) is 0 Å². The van der Waals surface area contributed by atoms with Crippen LogP contribution in [0.2, 0.25) is 0 Å². The smallest absolute Gasteiger partial charge is 0.161 e. The van der Waals surface area contributed by atoms with E-state index in [1.807, 2.05) is 12.1 Å². The van der Waals surface area contributed by atoms with E-state index in [0.717, 1.165) is 50.4 Å². The highest BCUT2D eigenvalue weighted by Gasteiger charge is 2.45. The molecule has 4 heteroatoms. The minimum absolute atomic E-state index is 0.202. The van der Waals surface area contributed by atoms with Gasteiger partial charge in [0.05, 0.1) is 18.2 Å². The van der Waals surface area contributed by atoms with Gasteiger partial charge in [-0.15, -0.1) is 0 Å². The van der Waals surface area contributed by atoms with Crippen molar-refractivity contribution in [1.29, 1.82) is 5.26 Å². The zero-order chi connectivity index (χ0) is 43.0. The summed E-state index contributed by atoms with van der Waals surface area (Å²) in [6, 6.07) is 60.6. The summed E-state index contributed by atoms with van der Waals surface area (Å²) in [4.78, 5) is 15.1. The molecule has 3 fully saturated rings. The van der Waals surface area contributed by atoms with Crippen molar-refractivity contribution in [3.8, 4) is 50.6 Å². The summed E-state index contributed by atoms with van der Waals surface area (Å²) in [5.74, 6) is 2.06. The van der Waals surface area contributed by atoms with Crippen LogP contribution < -0.4 is 0 Å². The van der Waals surface area contributed by atoms with Crippen molar-refractivity contribution >= 4 is 18.4 Å². The SMILES string of the molecule is C=N/C(=N\C(=N/Cc1ccc(-c2ccc3c(c2)C(C)(C)c2cc(C#N)ccc2-3)cc1)c1cc(-c2ccccc2)cc(-c2ccccc2)c1)c1ccc(C23CCCCCC(C2)C3)cc1. The summed E-state index contributed by atoms with van der Waals surface area (Å²) in [5, 5.41) is 9.60. The van der Waals surface area contributed by atoms with E-state index in [0.29, 0.717) is 29.2 Å². The molecule has 63 heavy (non-hydrogen) atoms. The number of aliphatic imine (C=N–C) groups is 3. The molecule has 4 nitrogen and oxygen atoms in total. The van der Waals surface area contributed by atoms with Crippen LogP contribution in [-0.4, -0.2) is 18.4 Å². The Morgan fingerprint density at radius 3 is 1.87 bits per heavy atom. The molecule has 4 aliphatic carbocycles. The van der Waals surface area contributed by atoms with Crippen molar-refractivity contribution in [2.24, 2.45) is 20.9 Å².